The van der Waals surface area contributed by atoms with Gasteiger partial charge in [0.15, 0.2) is 0 Å². The number of likely N-dealkylation sites (tertiary alicyclic amines) is 2. The minimum Gasteiger partial charge on any atom is -0.461 e. The highest BCUT2D eigenvalue weighted by molar-refractivity contribution is 5.68. The molecular weight excluding hydrogens is 460 g/mol. The zero-order valence-electron chi connectivity index (χ0n) is 21.9. The molecule has 2 aromatic heterocycles. The van der Waals surface area contributed by atoms with E-state index in [1.165, 1.54) is 17.0 Å². The van der Waals surface area contributed by atoms with E-state index in [1.807, 2.05) is 25.7 Å². The van der Waals surface area contributed by atoms with E-state index in [2.05, 4.69) is 19.9 Å². The third-order valence-corrected chi connectivity index (χ3v) is 6.86. The number of piperidine rings is 2. The van der Waals surface area contributed by atoms with Crippen molar-refractivity contribution < 1.29 is 14.3 Å². The van der Waals surface area contributed by atoms with Gasteiger partial charge in [0.1, 0.15) is 18.0 Å². The maximum atomic E-state index is 12.4. The van der Waals surface area contributed by atoms with Gasteiger partial charge in [0.05, 0.1) is 11.4 Å². The molecule has 0 unspecified atom stereocenters. The molecule has 0 aliphatic carbocycles. The molecule has 36 heavy (non-hydrogen) atoms. The molecule has 10 nitrogen and oxygen atoms in total. The van der Waals surface area contributed by atoms with Gasteiger partial charge in [-0.25, -0.2) is 14.8 Å². The Hall–Kier alpha value is -3.01. The number of aromatic nitrogens is 4. The lowest BCUT2D eigenvalue weighted by molar-refractivity contribution is 0.0175. The second-order valence-electron chi connectivity index (χ2n) is 10.8. The van der Waals surface area contributed by atoms with Crippen molar-refractivity contribution in [3.8, 4) is 17.4 Å². The van der Waals surface area contributed by atoms with E-state index in [0.29, 0.717) is 23.3 Å². The summed E-state index contributed by atoms with van der Waals surface area (Å²) in [5.74, 6) is 0.640. The first-order valence-corrected chi connectivity index (χ1v) is 12.9. The summed E-state index contributed by atoms with van der Waals surface area (Å²) in [6.45, 7) is 10.2. The maximum Gasteiger partial charge on any atom is 0.410 e. The first-order valence-electron chi connectivity index (χ1n) is 12.9. The van der Waals surface area contributed by atoms with Gasteiger partial charge in [-0.05, 0) is 71.4 Å². The lowest BCUT2D eigenvalue weighted by Crippen LogP contribution is -2.43. The van der Waals surface area contributed by atoms with Crippen molar-refractivity contribution in [2.75, 3.05) is 32.7 Å². The van der Waals surface area contributed by atoms with Gasteiger partial charge < -0.3 is 19.3 Å². The topological polar surface area (TPSA) is 103 Å². The Kier molecular flexibility index (Phi) is 8.23. The fourth-order valence-electron chi connectivity index (χ4n) is 4.69. The summed E-state index contributed by atoms with van der Waals surface area (Å²) in [4.78, 5) is 41.7. The highest BCUT2D eigenvalue weighted by Crippen LogP contribution is 2.24. The Morgan fingerprint density at radius 3 is 2.44 bits per heavy atom. The molecule has 2 aliphatic rings. The number of nitrogens with zero attached hydrogens (tertiary/aromatic N) is 6. The van der Waals surface area contributed by atoms with Gasteiger partial charge >= 0.3 is 6.09 Å². The molecule has 10 heteroatoms. The average molecular weight is 499 g/mol. The molecule has 1 amide bonds. The quantitative estimate of drug-likeness (QED) is 0.599. The largest absolute Gasteiger partial charge is 0.461 e. The van der Waals surface area contributed by atoms with Gasteiger partial charge in [0, 0.05) is 45.5 Å². The molecule has 0 radical (unpaired) electrons. The molecule has 0 saturated carbocycles. The molecular formula is C26H38N6O4. The Morgan fingerprint density at radius 2 is 1.81 bits per heavy atom. The highest BCUT2D eigenvalue weighted by atomic mass is 16.6. The number of hydrogen-bond donors (Lipinski definition) is 0. The van der Waals surface area contributed by atoms with Crippen LogP contribution in [-0.4, -0.2) is 79.8 Å². The van der Waals surface area contributed by atoms with Gasteiger partial charge in [0.25, 0.3) is 11.6 Å². The van der Waals surface area contributed by atoms with Crippen molar-refractivity contribution in [3.05, 3.63) is 35.0 Å². The van der Waals surface area contributed by atoms with Crippen molar-refractivity contribution in [2.24, 2.45) is 13.0 Å². The van der Waals surface area contributed by atoms with Crippen molar-refractivity contribution in [3.63, 3.8) is 0 Å². The number of ether oxygens (including phenoxy) is 2. The van der Waals surface area contributed by atoms with Crippen LogP contribution in [0.1, 0.15) is 52.9 Å². The van der Waals surface area contributed by atoms with Gasteiger partial charge in [-0.1, -0.05) is 0 Å². The normalized spacial score (nSPS) is 18.3. The number of carbonyl (C=O) groups is 1. The van der Waals surface area contributed by atoms with Gasteiger partial charge in [-0.2, -0.15) is 4.98 Å². The zero-order chi connectivity index (χ0) is 25.7. The molecule has 2 aliphatic heterocycles. The molecule has 0 bridgehead atoms. The van der Waals surface area contributed by atoms with E-state index in [9.17, 15) is 9.59 Å². The fourth-order valence-corrected chi connectivity index (χ4v) is 4.69. The van der Waals surface area contributed by atoms with Crippen LogP contribution in [0.5, 0.6) is 6.01 Å². The first kappa shape index (κ1) is 26.1. The van der Waals surface area contributed by atoms with Crippen LogP contribution in [0.3, 0.4) is 0 Å². The SMILES string of the molecule is Cn1c(OC2CCN(CCC3CCN(C(=O)OC(C)(C)C)CC3)CC2)nc(-c2ccncn2)cc1=O. The van der Waals surface area contributed by atoms with Crippen LogP contribution in [0.15, 0.2) is 29.5 Å². The number of carbonyl (C=O) groups excluding carboxylic acids is 1. The maximum absolute atomic E-state index is 12.4. The summed E-state index contributed by atoms with van der Waals surface area (Å²) in [6.07, 6.45) is 7.88. The monoisotopic (exact) mass is 498 g/mol. The first-order chi connectivity index (χ1) is 17.2. The Morgan fingerprint density at radius 1 is 1.08 bits per heavy atom. The smallest absolute Gasteiger partial charge is 0.410 e. The van der Waals surface area contributed by atoms with Gasteiger partial charge in [-0.15, -0.1) is 0 Å². The lowest BCUT2D eigenvalue weighted by Gasteiger charge is -2.35. The van der Waals surface area contributed by atoms with Crippen LogP contribution in [0, 0.1) is 5.92 Å². The van der Waals surface area contributed by atoms with Crippen molar-refractivity contribution in [1.82, 2.24) is 29.3 Å². The summed E-state index contributed by atoms with van der Waals surface area (Å²) in [6, 6.07) is 3.52. The van der Waals surface area contributed by atoms with E-state index in [4.69, 9.17) is 9.47 Å². The van der Waals surface area contributed by atoms with E-state index in [-0.39, 0.29) is 17.8 Å². The van der Waals surface area contributed by atoms with Crippen molar-refractivity contribution in [1.29, 1.82) is 0 Å². The second kappa shape index (κ2) is 11.4. The van der Waals surface area contributed by atoms with Gasteiger partial charge in [-0.3, -0.25) is 9.36 Å². The number of hydrogen-bond acceptors (Lipinski definition) is 8. The number of amides is 1. The Bertz CT molecular complexity index is 1070. The number of rotatable bonds is 6. The second-order valence-corrected chi connectivity index (χ2v) is 10.8. The highest BCUT2D eigenvalue weighted by Gasteiger charge is 2.28. The molecule has 2 saturated heterocycles. The lowest BCUT2D eigenvalue weighted by atomic mass is 9.93. The molecule has 0 aromatic carbocycles. The molecule has 4 rings (SSSR count). The summed E-state index contributed by atoms with van der Waals surface area (Å²) in [5.41, 5.74) is 0.461. The zero-order valence-corrected chi connectivity index (χ0v) is 21.9. The van der Waals surface area contributed by atoms with Crippen LogP contribution >= 0.6 is 0 Å². The van der Waals surface area contributed by atoms with E-state index in [0.717, 1.165) is 64.8 Å². The average Bonchev–Trinajstić information content (AvgIpc) is 2.86. The minimum atomic E-state index is -0.450. The summed E-state index contributed by atoms with van der Waals surface area (Å²) in [5, 5.41) is 0. The third kappa shape index (κ3) is 7.02. The van der Waals surface area contributed by atoms with Crippen LogP contribution in [-0.2, 0) is 11.8 Å². The Labute approximate surface area is 212 Å². The molecule has 0 atom stereocenters. The summed E-state index contributed by atoms with van der Waals surface area (Å²) in [7, 11) is 1.68. The molecule has 0 spiro atoms. The molecule has 2 fully saturated rings. The van der Waals surface area contributed by atoms with Gasteiger partial charge in [0.2, 0.25) is 0 Å². The molecule has 4 heterocycles. The van der Waals surface area contributed by atoms with Crippen LogP contribution in [0.25, 0.3) is 11.4 Å². The van der Waals surface area contributed by atoms with Crippen LogP contribution in [0.4, 0.5) is 4.79 Å². The predicted octanol–water partition coefficient (Wildman–Crippen LogP) is 3.12. The minimum absolute atomic E-state index is 0.0251. The van der Waals surface area contributed by atoms with Crippen LogP contribution in [0.2, 0.25) is 0 Å². The molecule has 2 aromatic rings. The molecule has 0 N–H and O–H groups in total. The van der Waals surface area contributed by atoms with E-state index < -0.39 is 5.60 Å². The van der Waals surface area contributed by atoms with Crippen molar-refractivity contribution >= 4 is 6.09 Å². The van der Waals surface area contributed by atoms with E-state index >= 15 is 0 Å². The van der Waals surface area contributed by atoms with E-state index in [1.54, 1.807) is 19.3 Å². The van der Waals surface area contributed by atoms with Crippen LogP contribution < -0.4 is 10.3 Å². The standard InChI is InChI=1S/C26H38N6O4/c1-26(2,3)36-25(34)32-15-7-19(8-16-32)6-12-31-13-9-20(10-14-31)35-24-29-22(17-23(33)30(24)4)21-5-11-27-18-28-21/h5,11,17-20H,6-10,12-16H2,1-4H3. The predicted molar refractivity (Wildman–Crippen MR) is 136 cm³/mol. The third-order valence-electron chi connectivity index (χ3n) is 6.86. The Balaban J connectivity index is 1.21. The molecule has 196 valence electrons. The summed E-state index contributed by atoms with van der Waals surface area (Å²) >= 11 is 0. The fraction of sp³-hybridized carbons (Fsp3) is 0.654. The van der Waals surface area contributed by atoms with Crippen molar-refractivity contribution in [2.45, 2.75) is 64.6 Å². The summed E-state index contributed by atoms with van der Waals surface area (Å²) < 4.78 is 13.1.